The Labute approximate surface area is 104 Å². The summed E-state index contributed by atoms with van der Waals surface area (Å²) in [6.45, 7) is 12.3. The van der Waals surface area contributed by atoms with E-state index in [0.717, 1.165) is 6.54 Å². The highest BCUT2D eigenvalue weighted by molar-refractivity contribution is 5.75. The van der Waals surface area contributed by atoms with E-state index in [1.807, 2.05) is 0 Å². The second-order valence-electron chi connectivity index (χ2n) is 6.36. The number of guanidine groups is 1. The number of rotatable bonds is 4. The molecule has 0 aromatic heterocycles. The van der Waals surface area contributed by atoms with E-state index in [-0.39, 0.29) is 5.96 Å². The van der Waals surface area contributed by atoms with E-state index < -0.39 is 0 Å². The second kappa shape index (κ2) is 4.46. The first-order chi connectivity index (χ1) is 7.93. The van der Waals surface area contributed by atoms with Crippen molar-refractivity contribution in [1.82, 2.24) is 0 Å². The minimum absolute atomic E-state index is 0.221. The molecular formula is C12H27N5+2. The lowest BCUT2D eigenvalue weighted by Gasteiger charge is -2.54. The Kier molecular flexibility index (Phi) is 3.32. The van der Waals surface area contributed by atoms with E-state index in [0.29, 0.717) is 5.92 Å². The largest absolute Gasteiger partial charge is 0.370 e. The molecule has 0 amide bonds. The maximum Gasteiger partial charge on any atom is 0.185 e. The number of nitrogens with two attached hydrogens (primary N) is 2. The Morgan fingerprint density at radius 1 is 1.12 bits per heavy atom. The number of piperazine rings is 3. The first-order valence-corrected chi connectivity index (χ1v) is 6.67. The van der Waals surface area contributed by atoms with Crippen molar-refractivity contribution in [2.45, 2.75) is 6.92 Å². The van der Waals surface area contributed by atoms with Crippen LogP contribution in [-0.4, -0.2) is 74.3 Å². The van der Waals surface area contributed by atoms with E-state index in [1.165, 1.54) is 54.8 Å². The molecule has 5 nitrogen and oxygen atoms in total. The highest BCUT2D eigenvalue weighted by Crippen LogP contribution is 2.25. The first-order valence-electron chi connectivity index (χ1n) is 6.67. The fourth-order valence-corrected chi connectivity index (χ4v) is 3.29. The van der Waals surface area contributed by atoms with Crippen LogP contribution in [0.15, 0.2) is 4.99 Å². The van der Waals surface area contributed by atoms with Gasteiger partial charge in [-0.2, -0.15) is 0 Å². The topological polar surface area (TPSA) is 64.4 Å². The average molecular weight is 241 g/mol. The zero-order valence-electron chi connectivity index (χ0n) is 11.2. The Balaban J connectivity index is 1.88. The molecule has 3 aliphatic heterocycles. The van der Waals surface area contributed by atoms with Crippen molar-refractivity contribution in [3.8, 4) is 0 Å². The van der Waals surface area contributed by atoms with Crippen LogP contribution in [0.5, 0.6) is 0 Å². The Bertz CT molecular complexity index is 283. The molecule has 98 valence electrons. The summed E-state index contributed by atoms with van der Waals surface area (Å²) in [7, 11) is 2.40. The SMILES string of the molecule is C[C@@H](CN=C(N)N)C[N+]12CC[N+](C)(CC1)CC2. The third kappa shape index (κ3) is 2.90. The summed E-state index contributed by atoms with van der Waals surface area (Å²) in [5, 5.41) is 0. The molecule has 4 N–H and O–H groups in total. The van der Waals surface area contributed by atoms with Gasteiger partial charge in [-0.3, -0.25) is 4.99 Å². The normalized spacial score (nSPS) is 37.8. The van der Waals surface area contributed by atoms with Gasteiger partial charge in [0.05, 0.1) is 20.1 Å². The van der Waals surface area contributed by atoms with Gasteiger partial charge in [0.25, 0.3) is 0 Å². The number of quaternary nitrogens is 2. The molecule has 3 aliphatic rings. The summed E-state index contributed by atoms with van der Waals surface area (Å²) >= 11 is 0. The van der Waals surface area contributed by atoms with Gasteiger partial charge in [-0.05, 0) is 0 Å². The van der Waals surface area contributed by atoms with Crippen LogP contribution in [0, 0.1) is 5.92 Å². The van der Waals surface area contributed by atoms with Crippen LogP contribution in [0.3, 0.4) is 0 Å². The molecule has 0 spiro atoms. The van der Waals surface area contributed by atoms with E-state index in [1.54, 1.807) is 0 Å². The van der Waals surface area contributed by atoms with Gasteiger partial charge < -0.3 is 20.4 Å². The smallest absolute Gasteiger partial charge is 0.185 e. The van der Waals surface area contributed by atoms with Crippen LogP contribution >= 0.6 is 0 Å². The van der Waals surface area contributed by atoms with Crippen LogP contribution in [0.2, 0.25) is 0 Å². The molecule has 2 bridgehead atoms. The van der Waals surface area contributed by atoms with Crippen molar-refractivity contribution in [3.05, 3.63) is 0 Å². The number of hydrogen-bond donors (Lipinski definition) is 2. The molecule has 5 heteroatoms. The first kappa shape index (κ1) is 12.6. The number of hydrogen-bond acceptors (Lipinski definition) is 1. The summed E-state index contributed by atoms with van der Waals surface area (Å²) in [6, 6.07) is 0. The lowest BCUT2D eigenvalue weighted by atomic mass is 10.0. The Morgan fingerprint density at radius 3 is 2.12 bits per heavy atom. The lowest BCUT2D eigenvalue weighted by Crippen LogP contribution is -2.74. The Morgan fingerprint density at radius 2 is 1.65 bits per heavy atom. The molecule has 3 rings (SSSR count). The maximum absolute atomic E-state index is 5.38. The van der Waals surface area contributed by atoms with Crippen molar-refractivity contribution in [1.29, 1.82) is 0 Å². The molecular weight excluding hydrogens is 214 g/mol. The van der Waals surface area contributed by atoms with Gasteiger partial charge in [0.15, 0.2) is 5.96 Å². The number of likely N-dealkylation sites (N-methyl/N-ethyl adjacent to an activating group) is 1. The van der Waals surface area contributed by atoms with Gasteiger partial charge in [0.1, 0.15) is 39.3 Å². The summed E-state index contributed by atoms with van der Waals surface area (Å²) in [4.78, 5) is 4.14. The van der Waals surface area contributed by atoms with Gasteiger partial charge in [-0.1, -0.05) is 6.92 Å². The standard InChI is InChI=1S/C12H27N5/c1-11(9-15-12(13)14)10-17-6-3-16(2,4-7-17)5-8-17/h11H,3-10H2,1-2H3,(H4,13,14,15)/q+2/t11-,16?,17?/m0/s1. The fraction of sp³-hybridized carbons (Fsp3) is 0.917. The molecule has 3 heterocycles. The summed E-state index contributed by atoms with van der Waals surface area (Å²) in [5.41, 5.74) is 10.8. The second-order valence-corrected chi connectivity index (χ2v) is 6.36. The fourth-order valence-electron chi connectivity index (χ4n) is 3.29. The van der Waals surface area contributed by atoms with Crippen molar-refractivity contribution >= 4 is 5.96 Å². The minimum Gasteiger partial charge on any atom is -0.370 e. The van der Waals surface area contributed by atoms with Crippen molar-refractivity contribution in [3.63, 3.8) is 0 Å². The van der Waals surface area contributed by atoms with Crippen LogP contribution < -0.4 is 11.5 Å². The number of aliphatic imine (C=N–C) groups is 1. The molecule has 0 aromatic carbocycles. The molecule has 0 aliphatic carbocycles. The lowest BCUT2D eigenvalue weighted by molar-refractivity contribution is -1.07. The molecule has 1 atom stereocenters. The number of nitrogens with zero attached hydrogens (tertiary/aromatic N) is 3. The molecule has 0 unspecified atom stereocenters. The van der Waals surface area contributed by atoms with Gasteiger partial charge in [0.2, 0.25) is 0 Å². The quantitative estimate of drug-likeness (QED) is 0.384. The molecule has 3 fully saturated rings. The molecule has 3 saturated heterocycles. The molecule has 0 aromatic rings. The summed E-state index contributed by atoms with van der Waals surface area (Å²) < 4.78 is 2.59. The predicted octanol–water partition coefficient (Wildman–Crippen LogP) is -0.813. The molecule has 0 saturated carbocycles. The van der Waals surface area contributed by atoms with Gasteiger partial charge in [-0.15, -0.1) is 0 Å². The molecule has 0 radical (unpaired) electrons. The van der Waals surface area contributed by atoms with Crippen molar-refractivity contribution < 1.29 is 8.97 Å². The van der Waals surface area contributed by atoms with Gasteiger partial charge in [0, 0.05) is 5.92 Å². The molecule has 17 heavy (non-hydrogen) atoms. The summed E-state index contributed by atoms with van der Waals surface area (Å²) in [6.07, 6.45) is 0. The average Bonchev–Trinajstić information content (AvgIpc) is 2.29. The monoisotopic (exact) mass is 241 g/mol. The van der Waals surface area contributed by atoms with Gasteiger partial charge >= 0.3 is 0 Å². The van der Waals surface area contributed by atoms with Gasteiger partial charge in [-0.25, -0.2) is 0 Å². The Hall–Kier alpha value is -0.810. The van der Waals surface area contributed by atoms with E-state index in [2.05, 4.69) is 19.0 Å². The predicted molar refractivity (Wildman–Crippen MR) is 70.4 cm³/mol. The number of fused-ring (bicyclic) bond motifs is 3. The van der Waals surface area contributed by atoms with E-state index >= 15 is 0 Å². The van der Waals surface area contributed by atoms with Crippen molar-refractivity contribution in [2.24, 2.45) is 22.4 Å². The van der Waals surface area contributed by atoms with Crippen LogP contribution in [0.1, 0.15) is 6.92 Å². The zero-order chi connectivity index (χ0) is 12.5. The minimum atomic E-state index is 0.221. The highest BCUT2D eigenvalue weighted by Gasteiger charge is 2.46. The van der Waals surface area contributed by atoms with Crippen LogP contribution in [-0.2, 0) is 0 Å². The highest BCUT2D eigenvalue weighted by atomic mass is 15.5. The maximum atomic E-state index is 5.38. The zero-order valence-corrected chi connectivity index (χ0v) is 11.2. The third-order valence-electron chi connectivity index (χ3n) is 4.63. The van der Waals surface area contributed by atoms with E-state index in [9.17, 15) is 0 Å². The third-order valence-corrected chi connectivity index (χ3v) is 4.63. The summed E-state index contributed by atoms with van der Waals surface area (Å²) in [5.74, 6) is 0.797. The van der Waals surface area contributed by atoms with Crippen LogP contribution in [0.25, 0.3) is 0 Å². The van der Waals surface area contributed by atoms with E-state index in [4.69, 9.17) is 11.5 Å². The van der Waals surface area contributed by atoms with Crippen LogP contribution in [0.4, 0.5) is 0 Å². The van der Waals surface area contributed by atoms with Crippen molar-refractivity contribution in [2.75, 3.05) is 59.4 Å².